The summed E-state index contributed by atoms with van der Waals surface area (Å²) in [5.74, 6) is 5.11. The van der Waals surface area contributed by atoms with E-state index in [-0.39, 0.29) is 11.5 Å². The number of allylic oxidation sites excluding steroid dienone is 4. The van der Waals surface area contributed by atoms with E-state index in [1.165, 1.54) is 62.5 Å². The van der Waals surface area contributed by atoms with Gasteiger partial charge in [0.05, 0.1) is 0 Å². The molecule has 0 heterocycles. The van der Waals surface area contributed by atoms with Gasteiger partial charge >= 0.3 is 6.16 Å². The Hall–Kier alpha value is -1.51. The Labute approximate surface area is 253 Å². The van der Waals surface area contributed by atoms with Crippen LogP contribution in [0.2, 0.25) is 0 Å². The van der Waals surface area contributed by atoms with Crippen molar-refractivity contribution in [3.63, 3.8) is 0 Å². The minimum atomic E-state index is -0.505. The van der Waals surface area contributed by atoms with E-state index in [2.05, 4.69) is 67.5 Å². The van der Waals surface area contributed by atoms with Gasteiger partial charge < -0.3 is 9.47 Å². The fraction of sp³-hybridized carbons (Fsp3) is 0.816. The minimum Gasteiger partial charge on any atom is -0.431 e. The van der Waals surface area contributed by atoms with E-state index >= 15 is 0 Å². The molecular formula is C38H62O3. The zero-order chi connectivity index (χ0) is 29.8. The molecule has 3 heteroatoms. The average molecular weight is 567 g/mol. The lowest BCUT2D eigenvalue weighted by Crippen LogP contribution is -2.51. The molecule has 0 aliphatic heterocycles. The molecule has 4 aliphatic rings. The van der Waals surface area contributed by atoms with Gasteiger partial charge in [-0.1, -0.05) is 82.8 Å². The molecule has 0 radical (unpaired) electrons. The molecule has 0 aromatic rings. The van der Waals surface area contributed by atoms with Crippen molar-refractivity contribution >= 4 is 6.16 Å². The second-order valence-corrected chi connectivity index (χ2v) is 15.7. The lowest BCUT2D eigenvalue weighted by molar-refractivity contribution is -0.0613. The maximum atomic E-state index is 12.5. The summed E-state index contributed by atoms with van der Waals surface area (Å²) in [6.45, 7) is 19.2. The Morgan fingerprint density at radius 1 is 1.00 bits per heavy atom. The van der Waals surface area contributed by atoms with E-state index in [4.69, 9.17) is 9.47 Å². The van der Waals surface area contributed by atoms with Gasteiger partial charge in [0.2, 0.25) is 0 Å². The van der Waals surface area contributed by atoms with E-state index in [0.717, 1.165) is 67.6 Å². The summed E-state index contributed by atoms with van der Waals surface area (Å²) in [5.41, 5.74) is 4.97. The summed E-state index contributed by atoms with van der Waals surface area (Å²) in [4.78, 5) is 12.5. The molecule has 0 saturated heterocycles. The molecule has 3 fully saturated rings. The van der Waals surface area contributed by atoms with E-state index in [9.17, 15) is 4.79 Å². The van der Waals surface area contributed by atoms with Gasteiger partial charge in [0, 0.05) is 6.42 Å². The minimum absolute atomic E-state index is 0.0440. The first kappa shape index (κ1) is 32.4. The van der Waals surface area contributed by atoms with Gasteiger partial charge in [-0.2, -0.15) is 0 Å². The molecule has 8 atom stereocenters. The third-order valence-electron chi connectivity index (χ3n) is 12.2. The number of rotatable bonds is 11. The number of fused-ring (bicyclic) bond motifs is 5. The van der Waals surface area contributed by atoms with E-state index in [0.29, 0.717) is 12.0 Å². The molecule has 232 valence electrons. The van der Waals surface area contributed by atoms with Crippen LogP contribution in [0.4, 0.5) is 4.79 Å². The first-order chi connectivity index (χ1) is 19.4. The Bertz CT molecular complexity index is 983. The van der Waals surface area contributed by atoms with Crippen LogP contribution in [0.5, 0.6) is 0 Å². The zero-order valence-corrected chi connectivity index (χ0v) is 27.9. The van der Waals surface area contributed by atoms with E-state index in [1.807, 2.05) is 6.08 Å². The standard InChI is InChI=1S/C38H62O3/c1-26(2)11-9-13-28(5)21-24-40-36(39)41-31-19-22-37(7)30(25-31)15-16-32-34-18-17-33(29(6)14-10-12-27(3)4)38(34,8)23-20-35(32)37/h11,15,21,27,29,31-35H,9-10,12-14,16-20,22-25H2,1-8H3/b28-21+/t29-,31-,32+,33-,34+,35+,37-,38-/m0/s1. The summed E-state index contributed by atoms with van der Waals surface area (Å²) < 4.78 is 11.3. The third-order valence-corrected chi connectivity index (χ3v) is 12.2. The highest BCUT2D eigenvalue weighted by Gasteiger charge is 2.59. The van der Waals surface area contributed by atoms with Crippen molar-refractivity contribution in [3.05, 3.63) is 34.9 Å². The number of ether oxygens (including phenoxy) is 2. The van der Waals surface area contributed by atoms with Gasteiger partial charge in [-0.25, -0.2) is 4.79 Å². The molecule has 0 N–H and O–H groups in total. The summed E-state index contributed by atoms with van der Waals surface area (Å²) in [6.07, 6.45) is 22.4. The highest BCUT2D eigenvalue weighted by molar-refractivity contribution is 5.60. The summed E-state index contributed by atoms with van der Waals surface area (Å²) in [6, 6.07) is 0. The van der Waals surface area contributed by atoms with Crippen molar-refractivity contribution in [3.8, 4) is 0 Å². The second kappa shape index (κ2) is 13.9. The molecule has 0 bridgehead atoms. The van der Waals surface area contributed by atoms with Gasteiger partial charge in [-0.15, -0.1) is 0 Å². The summed E-state index contributed by atoms with van der Waals surface area (Å²) >= 11 is 0. The van der Waals surface area contributed by atoms with Crippen LogP contribution in [0.25, 0.3) is 0 Å². The van der Waals surface area contributed by atoms with E-state index < -0.39 is 6.16 Å². The predicted octanol–water partition coefficient (Wildman–Crippen LogP) is 11.2. The van der Waals surface area contributed by atoms with Crippen molar-refractivity contribution in [2.75, 3.05) is 6.61 Å². The second-order valence-electron chi connectivity index (χ2n) is 15.7. The normalized spacial score (nSPS) is 35.6. The molecular weight excluding hydrogens is 504 g/mol. The molecule has 0 spiro atoms. The number of hydrogen-bond acceptors (Lipinski definition) is 3. The number of carbonyl (C=O) groups is 1. The smallest absolute Gasteiger partial charge is 0.431 e. The van der Waals surface area contributed by atoms with Crippen molar-refractivity contribution < 1.29 is 14.3 Å². The van der Waals surface area contributed by atoms with E-state index in [1.54, 1.807) is 5.57 Å². The zero-order valence-electron chi connectivity index (χ0n) is 27.9. The summed E-state index contributed by atoms with van der Waals surface area (Å²) in [5, 5.41) is 0. The molecule has 0 amide bonds. The average Bonchev–Trinajstić information content (AvgIpc) is 3.25. The van der Waals surface area contributed by atoms with Gasteiger partial charge in [-0.3, -0.25) is 0 Å². The van der Waals surface area contributed by atoms with Crippen LogP contribution in [-0.2, 0) is 9.47 Å². The van der Waals surface area contributed by atoms with Crippen LogP contribution >= 0.6 is 0 Å². The molecule has 3 saturated carbocycles. The van der Waals surface area contributed by atoms with Crippen LogP contribution in [0.1, 0.15) is 139 Å². The molecule has 3 nitrogen and oxygen atoms in total. The third kappa shape index (κ3) is 7.53. The van der Waals surface area contributed by atoms with Gasteiger partial charge in [-0.05, 0) is 131 Å². The number of hydrogen-bond donors (Lipinski definition) is 0. The Morgan fingerprint density at radius 2 is 1.78 bits per heavy atom. The van der Waals surface area contributed by atoms with Crippen molar-refractivity contribution in [2.24, 2.45) is 46.3 Å². The highest BCUT2D eigenvalue weighted by Crippen LogP contribution is 2.67. The maximum Gasteiger partial charge on any atom is 0.508 e. The topological polar surface area (TPSA) is 35.5 Å². The maximum absolute atomic E-state index is 12.5. The van der Waals surface area contributed by atoms with Crippen LogP contribution in [0.15, 0.2) is 34.9 Å². The highest BCUT2D eigenvalue weighted by atomic mass is 16.7. The van der Waals surface area contributed by atoms with Crippen LogP contribution in [-0.4, -0.2) is 18.9 Å². The Balaban J connectivity index is 1.30. The fourth-order valence-corrected chi connectivity index (χ4v) is 9.87. The van der Waals surface area contributed by atoms with Gasteiger partial charge in [0.25, 0.3) is 0 Å². The lowest BCUT2D eigenvalue weighted by Gasteiger charge is -2.58. The molecule has 0 unspecified atom stereocenters. The fourth-order valence-electron chi connectivity index (χ4n) is 9.87. The molecule has 0 aromatic carbocycles. The van der Waals surface area contributed by atoms with Crippen molar-refractivity contribution in [2.45, 2.75) is 145 Å². The predicted molar refractivity (Wildman–Crippen MR) is 172 cm³/mol. The molecule has 4 rings (SSSR count). The summed E-state index contributed by atoms with van der Waals surface area (Å²) in [7, 11) is 0. The SMILES string of the molecule is CC(C)=CCC/C(C)=C/COC(=O)O[C@H]1CC[C@@]2(C)C(=CC[C@@H]3[C@H]4CC[C@@H]([C@@H](C)CCCC(C)C)[C@]4(C)CC[C@H]32)C1. The molecule has 4 aliphatic carbocycles. The van der Waals surface area contributed by atoms with Crippen LogP contribution in [0.3, 0.4) is 0 Å². The molecule has 0 aromatic heterocycles. The van der Waals surface area contributed by atoms with Crippen LogP contribution < -0.4 is 0 Å². The van der Waals surface area contributed by atoms with Crippen LogP contribution in [0, 0.1) is 46.3 Å². The molecule has 41 heavy (non-hydrogen) atoms. The number of carbonyl (C=O) groups excluding carboxylic acids is 1. The first-order valence-corrected chi connectivity index (χ1v) is 17.3. The van der Waals surface area contributed by atoms with Crippen molar-refractivity contribution in [1.82, 2.24) is 0 Å². The quantitative estimate of drug-likeness (QED) is 0.184. The van der Waals surface area contributed by atoms with Gasteiger partial charge in [0.15, 0.2) is 0 Å². The Morgan fingerprint density at radius 3 is 2.51 bits per heavy atom. The lowest BCUT2D eigenvalue weighted by atomic mass is 9.47. The van der Waals surface area contributed by atoms with Crippen molar-refractivity contribution in [1.29, 1.82) is 0 Å². The first-order valence-electron chi connectivity index (χ1n) is 17.3. The largest absolute Gasteiger partial charge is 0.508 e. The monoisotopic (exact) mass is 566 g/mol. The van der Waals surface area contributed by atoms with Gasteiger partial charge in [0.1, 0.15) is 12.7 Å². The Kier molecular flexibility index (Phi) is 10.9.